The van der Waals surface area contributed by atoms with E-state index in [0.29, 0.717) is 0 Å². The minimum Gasteiger partial charge on any atom is -0.481 e. The summed E-state index contributed by atoms with van der Waals surface area (Å²) in [5.41, 5.74) is 5.05. The van der Waals surface area contributed by atoms with Crippen LogP contribution in [0.5, 0.6) is 0 Å². The van der Waals surface area contributed by atoms with E-state index in [1.54, 1.807) is 13.8 Å². The number of esters is 1. The fraction of sp³-hybridized carbons (Fsp3) is 0.405. The molecule has 0 bridgehead atoms. The Morgan fingerprint density at radius 3 is 2.10 bits per heavy atom. The molecule has 12 heteroatoms. The number of carboxylic acid groups (broad SMARTS) is 1. The van der Waals surface area contributed by atoms with E-state index in [4.69, 9.17) is 23.7 Å². The molecule has 3 aromatic carbocycles. The normalized spacial score (nSPS) is 22.3. The van der Waals surface area contributed by atoms with Crippen LogP contribution in [0.2, 0.25) is 0 Å². The van der Waals surface area contributed by atoms with Crippen LogP contribution in [-0.4, -0.2) is 78.4 Å². The second-order valence-electron chi connectivity index (χ2n) is 12.8. The van der Waals surface area contributed by atoms with Gasteiger partial charge in [-0.1, -0.05) is 78.9 Å². The number of hydrogen-bond acceptors (Lipinski definition) is 9. The summed E-state index contributed by atoms with van der Waals surface area (Å²) in [5, 5.41) is 14.7. The Morgan fingerprint density at radius 1 is 0.837 bits per heavy atom. The van der Waals surface area contributed by atoms with Crippen molar-refractivity contribution in [2.75, 3.05) is 13.2 Å². The highest BCUT2D eigenvalue weighted by Gasteiger charge is 2.55. The van der Waals surface area contributed by atoms with Crippen molar-refractivity contribution in [3.63, 3.8) is 0 Å². The number of carboxylic acids is 1. The maximum atomic E-state index is 13.2. The first-order valence-corrected chi connectivity index (χ1v) is 16.4. The molecule has 49 heavy (non-hydrogen) atoms. The van der Waals surface area contributed by atoms with Crippen LogP contribution in [0.4, 0.5) is 4.79 Å². The quantitative estimate of drug-likeness (QED) is 0.224. The Hall–Kier alpha value is -4.78. The lowest BCUT2D eigenvalue weighted by atomic mass is 9.98. The van der Waals surface area contributed by atoms with E-state index in [-0.39, 0.29) is 44.9 Å². The molecule has 2 heterocycles. The summed E-state index contributed by atoms with van der Waals surface area (Å²) in [4.78, 5) is 50.6. The van der Waals surface area contributed by atoms with Gasteiger partial charge in [0.2, 0.25) is 5.91 Å². The summed E-state index contributed by atoms with van der Waals surface area (Å²) < 4.78 is 28.9. The molecule has 2 fully saturated rings. The van der Waals surface area contributed by atoms with Crippen LogP contribution in [0.25, 0.3) is 11.1 Å². The zero-order valence-electron chi connectivity index (χ0n) is 27.3. The molecule has 0 spiro atoms. The van der Waals surface area contributed by atoms with Gasteiger partial charge in [-0.3, -0.25) is 9.59 Å². The zero-order chi connectivity index (χ0) is 34.5. The highest BCUT2D eigenvalue weighted by molar-refractivity contribution is 5.83. The largest absolute Gasteiger partial charge is 0.481 e. The first kappa shape index (κ1) is 34.1. The van der Waals surface area contributed by atoms with Gasteiger partial charge in [0.1, 0.15) is 37.6 Å². The second kappa shape index (κ2) is 14.8. The van der Waals surface area contributed by atoms with E-state index >= 15 is 0 Å². The van der Waals surface area contributed by atoms with E-state index in [2.05, 4.69) is 10.6 Å². The fourth-order valence-electron chi connectivity index (χ4n) is 6.71. The van der Waals surface area contributed by atoms with Gasteiger partial charge in [-0.15, -0.1) is 0 Å². The molecule has 5 atom stereocenters. The van der Waals surface area contributed by atoms with Crippen LogP contribution in [0.1, 0.15) is 55.7 Å². The number of aliphatic carboxylic acids is 1. The number of amides is 2. The Kier molecular flexibility index (Phi) is 10.3. The lowest BCUT2D eigenvalue weighted by Gasteiger charge is -2.24. The molecule has 2 amide bonds. The van der Waals surface area contributed by atoms with Crippen molar-refractivity contribution in [2.45, 2.75) is 81.9 Å². The predicted octanol–water partition coefficient (Wildman–Crippen LogP) is 4.30. The highest BCUT2D eigenvalue weighted by Crippen LogP contribution is 2.44. The minimum atomic E-state index is -1.16. The molecule has 12 nitrogen and oxygen atoms in total. The van der Waals surface area contributed by atoms with Gasteiger partial charge < -0.3 is 39.4 Å². The number of benzene rings is 3. The maximum Gasteiger partial charge on any atom is 0.407 e. The first-order chi connectivity index (χ1) is 23.6. The Balaban J connectivity index is 1.06. The Labute approximate surface area is 284 Å². The van der Waals surface area contributed by atoms with Gasteiger partial charge >= 0.3 is 18.0 Å². The molecule has 6 rings (SSSR count). The average Bonchev–Trinajstić information content (AvgIpc) is 3.69. The van der Waals surface area contributed by atoms with Crippen molar-refractivity contribution in [1.29, 1.82) is 0 Å². The molecule has 3 aliphatic rings. The van der Waals surface area contributed by atoms with E-state index < -0.39 is 60.2 Å². The maximum absolute atomic E-state index is 13.2. The number of carbonyl (C=O) groups excluding carboxylic acids is 3. The molecule has 258 valence electrons. The van der Waals surface area contributed by atoms with Crippen LogP contribution in [0, 0.1) is 0 Å². The third-order valence-electron chi connectivity index (χ3n) is 8.93. The molecule has 0 saturated carbocycles. The van der Waals surface area contributed by atoms with Crippen molar-refractivity contribution in [3.8, 4) is 11.1 Å². The molecule has 2 aliphatic heterocycles. The summed E-state index contributed by atoms with van der Waals surface area (Å²) in [6, 6.07) is 23.9. The number of fused-ring (bicyclic) bond motifs is 4. The summed E-state index contributed by atoms with van der Waals surface area (Å²) in [7, 11) is 0. The third kappa shape index (κ3) is 8.10. The number of carbonyl (C=O) groups is 4. The van der Waals surface area contributed by atoms with Crippen LogP contribution in [0.15, 0.2) is 78.9 Å². The van der Waals surface area contributed by atoms with Gasteiger partial charge in [-0.2, -0.15) is 0 Å². The summed E-state index contributed by atoms with van der Waals surface area (Å²) in [5.74, 6) is -3.23. The lowest BCUT2D eigenvalue weighted by molar-refractivity contribution is -0.188. The van der Waals surface area contributed by atoms with E-state index in [0.717, 1.165) is 27.8 Å². The van der Waals surface area contributed by atoms with Crippen molar-refractivity contribution < 1.29 is 48.0 Å². The lowest BCUT2D eigenvalue weighted by Crippen LogP contribution is -2.44. The van der Waals surface area contributed by atoms with Gasteiger partial charge in [-0.05, 0) is 48.1 Å². The minimum absolute atomic E-state index is 0.00770. The van der Waals surface area contributed by atoms with Crippen molar-refractivity contribution >= 4 is 23.9 Å². The molecule has 2 saturated heterocycles. The number of rotatable bonds is 13. The molecule has 0 unspecified atom stereocenters. The standard InChI is InChI=1S/C37H40N2O10/c1-37(2)48-33-29(18-32(41)42)47-30(34(33)49-37)19-38-31(40)17-16-28(35(43)45-20-22-10-4-3-5-11-22)39-36(44)46-21-27-25-14-8-6-12-23(25)24-13-7-9-15-26(24)27/h3-15,27-30,33-34H,16-21H2,1-2H3,(H,38,40)(H,39,44)(H,41,42)/t28-,29-,30+,33-,34+/m0/s1. The molecule has 0 aromatic heterocycles. The molecule has 0 radical (unpaired) electrons. The van der Waals surface area contributed by atoms with E-state index in [1.807, 2.05) is 78.9 Å². The molecule has 3 N–H and O–H groups in total. The van der Waals surface area contributed by atoms with Gasteiger partial charge in [0.05, 0.1) is 12.5 Å². The predicted molar refractivity (Wildman–Crippen MR) is 175 cm³/mol. The number of nitrogens with one attached hydrogen (secondary N) is 2. The van der Waals surface area contributed by atoms with Crippen molar-refractivity contribution in [2.24, 2.45) is 0 Å². The smallest absolute Gasteiger partial charge is 0.407 e. The van der Waals surface area contributed by atoms with Crippen LogP contribution in [0.3, 0.4) is 0 Å². The van der Waals surface area contributed by atoms with Crippen molar-refractivity contribution in [3.05, 3.63) is 95.6 Å². The van der Waals surface area contributed by atoms with E-state index in [1.165, 1.54) is 0 Å². The average molecular weight is 673 g/mol. The van der Waals surface area contributed by atoms with Crippen LogP contribution >= 0.6 is 0 Å². The summed E-state index contributed by atoms with van der Waals surface area (Å²) >= 11 is 0. The number of ether oxygens (including phenoxy) is 5. The molecular formula is C37H40N2O10. The number of hydrogen-bond donors (Lipinski definition) is 3. The number of alkyl carbamates (subject to hydrolysis) is 1. The topological polar surface area (TPSA) is 159 Å². The second-order valence-corrected chi connectivity index (χ2v) is 12.8. The summed E-state index contributed by atoms with van der Waals surface area (Å²) in [6.45, 7) is 3.56. The van der Waals surface area contributed by atoms with E-state index in [9.17, 15) is 24.3 Å². The van der Waals surface area contributed by atoms with Crippen LogP contribution < -0.4 is 10.6 Å². The summed E-state index contributed by atoms with van der Waals surface area (Å²) in [6.07, 6.45) is -3.76. The highest BCUT2D eigenvalue weighted by atomic mass is 16.8. The van der Waals surface area contributed by atoms with Gasteiger partial charge in [0.15, 0.2) is 5.79 Å². The van der Waals surface area contributed by atoms with Crippen LogP contribution in [-0.2, 0) is 44.7 Å². The monoisotopic (exact) mass is 672 g/mol. The Morgan fingerprint density at radius 2 is 1.45 bits per heavy atom. The molecule has 1 aliphatic carbocycles. The fourth-order valence-corrected chi connectivity index (χ4v) is 6.71. The zero-order valence-corrected chi connectivity index (χ0v) is 27.3. The molecular weight excluding hydrogens is 632 g/mol. The van der Waals surface area contributed by atoms with Gasteiger partial charge in [0.25, 0.3) is 0 Å². The first-order valence-electron chi connectivity index (χ1n) is 16.4. The third-order valence-corrected chi connectivity index (χ3v) is 8.93. The SMILES string of the molecule is CC1(C)O[C@@H]2[C@H](O1)[C@@H](CNC(=O)CC[C@H](NC(=O)OCC1c3ccccc3-c3ccccc31)C(=O)OCc1ccccc1)O[C@H]2CC(=O)O. The molecule has 3 aromatic rings. The Bertz CT molecular complexity index is 1630. The van der Waals surface area contributed by atoms with Gasteiger partial charge in [0, 0.05) is 18.9 Å². The van der Waals surface area contributed by atoms with Gasteiger partial charge in [-0.25, -0.2) is 9.59 Å². The van der Waals surface area contributed by atoms with Crippen molar-refractivity contribution in [1.82, 2.24) is 10.6 Å².